The molecular formula is C21H22FNO3. The lowest BCUT2D eigenvalue weighted by Crippen LogP contribution is -2.26. The van der Waals surface area contributed by atoms with Crippen LogP contribution in [0.25, 0.3) is 6.08 Å². The van der Waals surface area contributed by atoms with E-state index in [4.69, 9.17) is 9.47 Å². The molecule has 1 N–H and O–H groups in total. The molecule has 1 atom stereocenters. The highest BCUT2D eigenvalue weighted by Gasteiger charge is 2.16. The van der Waals surface area contributed by atoms with Crippen LogP contribution in [0.5, 0.6) is 11.5 Å². The molecule has 1 heterocycles. The Morgan fingerprint density at radius 3 is 2.73 bits per heavy atom. The van der Waals surface area contributed by atoms with Crippen molar-refractivity contribution in [2.45, 2.75) is 25.8 Å². The molecule has 0 aliphatic carbocycles. The molecule has 3 rings (SSSR count). The average molecular weight is 355 g/mol. The lowest BCUT2D eigenvalue weighted by atomic mass is 10.0. The summed E-state index contributed by atoms with van der Waals surface area (Å²) in [6, 6.07) is 11.9. The first-order valence-corrected chi connectivity index (χ1v) is 8.80. The Balaban J connectivity index is 1.70. The van der Waals surface area contributed by atoms with Crippen LogP contribution in [0.4, 0.5) is 4.39 Å². The zero-order valence-electron chi connectivity index (χ0n) is 14.7. The Kier molecular flexibility index (Phi) is 5.89. The molecule has 0 spiro atoms. The lowest BCUT2D eigenvalue weighted by molar-refractivity contribution is -0.117. The van der Waals surface area contributed by atoms with Crippen LogP contribution < -0.4 is 14.8 Å². The minimum absolute atomic E-state index is 0.162. The van der Waals surface area contributed by atoms with Crippen LogP contribution in [-0.4, -0.2) is 19.1 Å². The molecule has 5 heteroatoms. The van der Waals surface area contributed by atoms with E-state index in [1.807, 2.05) is 25.1 Å². The molecule has 0 saturated carbocycles. The van der Waals surface area contributed by atoms with Gasteiger partial charge in [-0.05, 0) is 36.3 Å². The first-order chi connectivity index (χ1) is 12.7. The van der Waals surface area contributed by atoms with E-state index in [1.165, 1.54) is 18.2 Å². The predicted molar refractivity (Wildman–Crippen MR) is 98.7 cm³/mol. The molecule has 0 fully saturated rings. The quantitative estimate of drug-likeness (QED) is 0.815. The number of hydrogen-bond donors (Lipinski definition) is 1. The van der Waals surface area contributed by atoms with Crippen molar-refractivity contribution in [3.63, 3.8) is 0 Å². The van der Waals surface area contributed by atoms with Crippen LogP contribution in [0.1, 0.15) is 36.9 Å². The van der Waals surface area contributed by atoms with Crippen molar-refractivity contribution in [3.8, 4) is 11.5 Å². The van der Waals surface area contributed by atoms with Gasteiger partial charge in [0.25, 0.3) is 0 Å². The van der Waals surface area contributed by atoms with Crippen molar-refractivity contribution in [1.82, 2.24) is 5.32 Å². The number of halogens is 1. The first kappa shape index (κ1) is 18.0. The summed E-state index contributed by atoms with van der Waals surface area (Å²) in [5.74, 6) is 0.806. The van der Waals surface area contributed by atoms with E-state index in [-0.39, 0.29) is 17.8 Å². The molecule has 0 radical (unpaired) electrons. The maximum atomic E-state index is 13.6. The third kappa shape index (κ3) is 4.42. The number of nitrogens with one attached hydrogen (secondary N) is 1. The fraction of sp³-hybridized carbons (Fsp3) is 0.286. The Bertz CT molecular complexity index is 804. The van der Waals surface area contributed by atoms with E-state index in [1.54, 1.807) is 18.2 Å². The van der Waals surface area contributed by atoms with Crippen LogP contribution in [-0.2, 0) is 4.79 Å². The second-order valence-electron chi connectivity index (χ2n) is 6.08. The van der Waals surface area contributed by atoms with E-state index in [9.17, 15) is 9.18 Å². The number of hydrogen-bond acceptors (Lipinski definition) is 3. The minimum Gasteiger partial charge on any atom is -0.490 e. The van der Waals surface area contributed by atoms with Gasteiger partial charge in [-0.1, -0.05) is 31.2 Å². The minimum atomic E-state index is -0.355. The Morgan fingerprint density at radius 1 is 1.19 bits per heavy atom. The zero-order valence-corrected chi connectivity index (χ0v) is 14.7. The summed E-state index contributed by atoms with van der Waals surface area (Å²) < 4.78 is 25.0. The van der Waals surface area contributed by atoms with Crippen molar-refractivity contribution in [2.24, 2.45) is 0 Å². The predicted octanol–water partition coefficient (Wildman–Crippen LogP) is 4.27. The van der Waals surface area contributed by atoms with E-state index in [2.05, 4.69) is 5.32 Å². The zero-order chi connectivity index (χ0) is 18.4. The van der Waals surface area contributed by atoms with Gasteiger partial charge in [0.2, 0.25) is 5.91 Å². The molecule has 136 valence electrons. The van der Waals surface area contributed by atoms with Gasteiger partial charge < -0.3 is 14.8 Å². The summed E-state index contributed by atoms with van der Waals surface area (Å²) in [6.07, 6.45) is 4.40. The number of amides is 1. The maximum Gasteiger partial charge on any atom is 0.244 e. The number of ether oxygens (including phenoxy) is 2. The summed E-state index contributed by atoms with van der Waals surface area (Å²) in [4.78, 5) is 12.2. The summed E-state index contributed by atoms with van der Waals surface area (Å²) in [5, 5.41) is 2.95. The summed E-state index contributed by atoms with van der Waals surface area (Å²) >= 11 is 0. The number of carbonyl (C=O) groups excluding carboxylic acids is 1. The molecule has 1 aliphatic rings. The molecule has 0 saturated heterocycles. The van der Waals surface area contributed by atoms with Gasteiger partial charge in [-0.15, -0.1) is 0 Å². The van der Waals surface area contributed by atoms with Crippen LogP contribution in [0, 0.1) is 5.82 Å². The van der Waals surface area contributed by atoms with Crippen LogP contribution in [0.15, 0.2) is 48.5 Å². The highest BCUT2D eigenvalue weighted by molar-refractivity contribution is 5.92. The van der Waals surface area contributed by atoms with Crippen LogP contribution in [0.3, 0.4) is 0 Å². The number of fused-ring (bicyclic) bond motifs is 1. The van der Waals surface area contributed by atoms with Crippen LogP contribution >= 0.6 is 0 Å². The van der Waals surface area contributed by atoms with E-state index in [0.717, 1.165) is 24.2 Å². The van der Waals surface area contributed by atoms with Gasteiger partial charge >= 0.3 is 0 Å². The van der Waals surface area contributed by atoms with Gasteiger partial charge in [-0.2, -0.15) is 0 Å². The first-order valence-electron chi connectivity index (χ1n) is 8.80. The largest absolute Gasteiger partial charge is 0.490 e. The molecule has 2 aromatic rings. The Morgan fingerprint density at radius 2 is 1.96 bits per heavy atom. The van der Waals surface area contributed by atoms with E-state index in [0.29, 0.717) is 24.5 Å². The van der Waals surface area contributed by atoms with E-state index < -0.39 is 0 Å². The van der Waals surface area contributed by atoms with Crippen molar-refractivity contribution in [2.75, 3.05) is 13.2 Å². The van der Waals surface area contributed by atoms with Crippen LogP contribution in [0.2, 0.25) is 0 Å². The normalized spacial score (nSPS) is 14.7. The van der Waals surface area contributed by atoms with Crippen molar-refractivity contribution < 1.29 is 18.7 Å². The Labute approximate surface area is 152 Å². The monoisotopic (exact) mass is 355 g/mol. The smallest absolute Gasteiger partial charge is 0.244 e. The lowest BCUT2D eigenvalue weighted by Gasteiger charge is -2.18. The van der Waals surface area contributed by atoms with Crippen molar-refractivity contribution >= 4 is 12.0 Å². The van der Waals surface area contributed by atoms with Crippen molar-refractivity contribution in [3.05, 3.63) is 65.5 Å². The van der Waals surface area contributed by atoms with Crippen molar-refractivity contribution in [1.29, 1.82) is 0 Å². The molecular weight excluding hydrogens is 333 g/mol. The third-order valence-electron chi connectivity index (χ3n) is 4.22. The molecule has 26 heavy (non-hydrogen) atoms. The van der Waals surface area contributed by atoms with Gasteiger partial charge in [0.15, 0.2) is 11.5 Å². The molecule has 2 aromatic carbocycles. The SMILES string of the molecule is CC[C@H](NC(=O)/C=C/c1ccccc1F)c1ccc2c(c1)OCCCO2. The van der Waals surface area contributed by atoms with Gasteiger partial charge in [-0.3, -0.25) is 4.79 Å². The molecule has 0 aromatic heterocycles. The third-order valence-corrected chi connectivity index (χ3v) is 4.22. The molecule has 0 bridgehead atoms. The standard InChI is InChI=1S/C21H22FNO3/c1-2-18(16-8-10-19-20(14-16)26-13-5-12-25-19)23-21(24)11-9-15-6-3-4-7-17(15)22/h3-4,6-11,14,18H,2,5,12-13H2,1H3,(H,23,24)/b11-9+/t18-/m0/s1. The summed E-state index contributed by atoms with van der Waals surface area (Å²) in [6.45, 7) is 3.25. The molecule has 4 nitrogen and oxygen atoms in total. The second-order valence-corrected chi connectivity index (χ2v) is 6.08. The topological polar surface area (TPSA) is 47.6 Å². The number of carbonyl (C=O) groups is 1. The summed E-state index contributed by atoms with van der Waals surface area (Å²) in [7, 11) is 0. The Hall–Kier alpha value is -2.82. The van der Waals surface area contributed by atoms with Gasteiger partial charge in [0.05, 0.1) is 19.3 Å². The fourth-order valence-corrected chi connectivity index (χ4v) is 2.81. The number of benzene rings is 2. The average Bonchev–Trinajstić information content (AvgIpc) is 2.90. The van der Waals surface area contributed by atoms with Gasteiger partial charge in [-0.25, -0.2) is 4.39 Å². The molecule has 1 amide bonds. The molecule has 1 aliphatic heterocycles. The number of rotatable bonds is 5. The highest BCUT2D eigenvalue weighted by atomic mass is 19.1. The fourth-order valence-electron chi connectivity index (χ4n) is 2.81. The molecule has 0 unspecified atom stereocenters. The highest BCUT2D eigenvalue weighted by Crippen LogP contribution is 2.33. The van der Waals surface area contributed by atoms with E-state index >= 15 is 0 Å². The van der Waals surface area contributed by atoms with Gasteiger partial charge in [0, 0.05) is 18.1 Å². The second kappa shape index (κ2) is 8.52. The maximum absolute atomic E-state index is 13.6. The summed E-state index contributed by atoms with van der Waals surface area (Å²) in [5.41, 5.74) is 1.33. The van der Waals surface area contributed by atoms with Gasteiger partial charge in [0.1, 0.15) is 5.82 Å².